The Kier molecular flexibility index (Phi) is 4.93. The van der Waals surface area contributed by atoms with Gasteiger partial charge in [0.05, 0.1) is 19.6 Å². The molecule has 0 amide bonds. The highest BCUT2D eigenvalue weighted by Gasteiger charge is 2.23. The van der Waals surface area contributed by atoms with E-state index >= 15 is 0 Å². The Morgan fingerprint density at radius 1 is 1.04 bits per heavy atom. The molecule has 6 nitrogen and oxygen atoms in total. The van der Waals surface area contributed by atoms with Crippen LogP contribution < -0.4 is 14.9 Å². The highest BCUT2D eigenvalue weighted by atomic mass is 16.6. The maximum atomic E-state index is 12.9. The van der Waals surface area contributed by atoms with E-state index in [0.717, 1.165) is 0 Å². The van der Waals surface area contributed by atoms with Crippen LogP contribution in [0.3, 0.4) is 0 Å². The second-order valence-corrected chi connectivity index (χ2v) is 5.60. The zero-order chi connectivity index (χ0) is 18.7. The molecule has 26 heavy (non-hydrogen) atoms. The monoisotopic (exact) mass is 354 g/mol. The van der Waals surface area contributed by atoms with Gasteiger partial charge in [0.2, 0.25) is 11.2 Å². The number of hydrogen-bond acceptors (Lipinski definition) is 6. The van der Waals surface area contributed by atoms with Gasteiger partial charge in [-0.2, -0.15) is 0 Å². The molecule has 3 aromatic rings. The molecule has 6 heteroatoms. The second-order valence-electron chi connectivity index (χ2n) is 5.60. The van der Waals surface area contributed by atoms with Crippen molar-refractivity contribution in [3.8, 4) is 22.8 Å². The molecule has 0 N–H and O–H groups in total. The molecule has 0 aliphatic rings. The van der Waals surface area contributed by atoms with Crippen molar-refractivity contribution in [1.29, 1.82) is 0 Å². The SMILES string of the molecule is COC(=O)[C@H](C)Oc1c(-c2ccc(OC)cc2)oc2ccccc2c1=O. The number of carbonyl (C=O) groups is 1. The van der Waals surface area contributed by atoms with Gasteiger partial charge in [0, 0.05) is 5.56 Å². The number of fused-ring (bicyclic) bond motifs is 1. The van der Waals surface area contributed by atoms with Gasteiger partial charge in [-0.15, -0.1) is 0 Å². The molecule has 0 spiro atoms. The quantitative estimate of drug-likeness (QED) is 0.654. The fraction of sp³-hybridized carbons (Fsp3) is 0.200. The predicted molar refractivity (Wildman–Crippen MR) is 96.6 cm³/mol. The summed E-state index contributed by atoms with van der Waals surface area (Å²) in [6.07, 6.45) is -0.957. The zero-order valence-corrected chi connectivity index (χ0v) is 14.6. The molecule has 0 saturated carbocycles. The molecule has 0 radical (unpaired) electrons. The van der Waals surface area contributed by atoms with Crippen LogP contribution in [0.5, 0.6) is 11.5 Å². The standard InChI is InChI=1S/C20H18O6/c1-12(20(22)24-3)25-19-17(21)15-6-4-5-7-16(15)26-18(19)13-8-10-14(23-2)11-9-13/h4-12H,1-3H3/t12-/m0/s1. The summed E-state index contributed by atoms with van der Waals surface area (Å²) in [5.41, 5.74) is 0.704. The first-order valence-corrected chi connectivity index (χ1v) is 8.00. The van der Waals surface area contributed by atoms with E-state index in [4.69, 9.17) is 13.9 Å². The minimum atomic E-state index is -0.957. The molecule has 0 bridgehead atoms. The number of esters is 1. The number of hydrogen-bond donors (Lipinski definition) is 0. The molecule has 0 unspecified atom stereocenters. The first-order valence-electron chi connectivity index (χ1n) is 8.00. The summed E-state index contributed by atoms with van der Waals surface area (Å²) in [5, 5.41) is 0.372. The van der Waals surface area contributed by atoms with E-state index < -0.39 is 12.1 Å². The normalized spacial score (nSPS) is 11.8. The van der Waals surface area contributed by atoms with Crippen molar-refractivity contribution in [2.45, 2.75) is 13.0 Å². The van der Waals surface area contributed by atoms with E-state index in [0.29, 0.717) is 22.3 Å². The largest absolute Gasteiger partial charge is 0.497 e. The summed E-state index contributed by atoms with van der Waals surface area (Å²) in [4.78, 5) is 24.7. The van der Waals surface area contributed by atoms with Crippen molar-refractivity contribution < 1.29 is 23.4 Å². The van der Waals surface area contributed by atoms with Crippen molar-refractivity contribution in [3.05, 3.63) is 58.8 Å². The van der Waals surface area contributed by atoms with E-state index in [1.165, 1.54) is 14.0 Å². The molecule has 0 aliphatic heterocycles. The summed E-state index contributed by atoms with van der Waals surface area (Å²) < 4.78 is 21.4. The average Bonchev–Trinajstić information content (AvgIpc) is 2.69. The Hall–Kier alpha value is -3.28. The van der Waals surface area contributed by atoms with Gasteiger partial charge in [-0.05, 0) is 43.3 Å². The second kappa shape index (κ2) is 7.31. The summed E-state index contributed by atoms with van der Waals surface area (Å²) in [6, 6.07) is 13.9. The maximum Gasteiger partial charge on any atom is 0.346 e. The molecule has 0 fully saturated rings. The molecule has 0 saturated heterocycles. The van der Waals surface area contributed by atoms with Crippen LogP contribution >= 0.6 is 0 Å². The Balaban J connectivity index is 2.19. The number of rotatable bonds is 5. The van der Waals surface area contributed by atoms with Gasteiger partial charge in [-0.25, -0.2) is 4.79 Å². The Labute approximate surface area is 149 Å². The molecule has 134 valence electrons. The summed E-state index contributed by atoms with van der Waals surface area (Å²) >= 11 is 0. The maximum absolute atomic E-state index is 12.9. The Morgan fingerprint density at radius 2 is 1.73 bits per heavy atom. The fourth-order valence-corrected chi connectivity index (χ4v) is 2.56. The van der Waals surface area contributed by atoms with Crippen LogP contribution in [0, 0.1) is 0 Å². The fourth-order valence-electron chi connectivity index (χ4n) is 2.56. The smallest absolute Gasteiger partial charge is 0.346 e. The van der Waals surface area contributed by atoms with Gasteiger partial charge >= 0.3 is 5.97 Å². The number of ether oxygens (including phenoxy) is 3. The number of para-hydroxylation sites is 1. The molecular weight excluding hydrogens is 336 g/mol. The number of carbonyl (C=O) groups excluding carboxylic acids is 1. The number of methoxy groups -OCH3 is 2. The minimum absolute atomic E-state index is 0.0354. The lowest BCUT2D eigenvalue weighted by molar-refractivity contribution is -0.147. The molecule has 1 heterocycles. The van der Waals surface area contributed by atoms with Crippen molar-refractivity contribution in [1.82, 2.24) is 0 Å². The van der Waals surface area contributed by atoms with Crippen molar-refractivity contribution in [2.75, 3.05) is 14.2 Å². The topological polar surface area (TPSA) is 75.0 Å². The lowest BCUT2D eigenvalue weighted by Gasteiger charge is -2.15. The van der Waals surface area contributed by atoms with Crippen LogP contribution in [0.2, 0.25) is 0 Å². The van der Waals surface area contributed by atoms with Crippen LogP contribution in [0.4, 0.5) is 0 Å². The minimum Gasteiger partial charge on any atom is -0.497 e. The van der Waals surface area contributed by atoms with Crippen molar-refractivity contribution in [2.24, 2.45) is 0 Å². The van der Waals surface area contributed by atoms with Crippen LogP contribution in [0.15, 0.2) is 57.7 Å². The van der Waals surface area contributed by atoms with Gasteiger partial charge in [-0.1, -0.05) is 12.1 Å². The molecule has 2 aromatic carbocycles. The third-order valence-corrected chi connectivity index (χ3v) is 3.94. The molecule has 1 atom stereocenters. The third kappa shape index (κ3) is 3.26. The first kappa shape index (κ1) is 17.5. The Morgan fingerprint density at radius 3 is 2.38 bits per heavy atom. The van der Waals surface area contributed by atoms with Gasteiger partial charge in [0.25, 0.3) is 0 Å². The van der Waals surface area contributed by atoms with E-state index in [2.05, 4.69) is 4.74 Å². The molecular formula is C20H18O6. The van der Waals surface area contributed by atoms with Crippen LogP contribution in [-0.2, 0) is 9.53 Å². The van der Waals surface area contributed by atoms with Gasteiger partial charge in [0.15, 0.2) is 11.9 Å². The summed E-state index contributed by atoms with van der Waals surface area (Å²) in [5.74, 6) is 0.291. The van der Waals surface area contributed by atoms with Gasteiger partial charge < -0.3 is 18.6 Å². The third-order valence-electron chi connectivity index (χ3n) is 3.94. The van der Waals surface area contributed by atoms with E-state index in [1.54, 1.807) is 55.6 Å². The first-order chi connectivity index (χ1) is 12.5. The van der Waals surface area contributed by atoms with Crippen molar-refractivity contribution >= 4 is 16.9 Å². The van der Waals surface area contributed by atoms with Crippen LogP contribution in [0.25, 0.3) is 22.3 Å². The van der Waals surface area contributed by atoms with Crippen LogP contribution in [-0.4, -0.2) is 26.3 Å². The van der Waals surface area contributed by atoms with E-state index in [-0.39, 0.29) is 16.9 Å². The van der Waals surface area contributed by atoms with Crippen LogP contribution in [0.1, 0.15) is 6.92 Å². The summed E-state index contributed by atoms with van der Waals surface area (Å²) in [7, 11) is 2.83. The predicted octanol–water partition coefficient (Wildman–Crippen LogP) is 3.41. The molecule has 3 rings (SSSR count). The van der Waals surface area contributed by atoms with Gasteiger partial charge in [-0.3, -0.25) is 4.79 Å². The lowest BCUT2D eigenvalue weighted by Crippen LogP contribution is -2.27. The molecule has 1 aromatic heterocycles. The van der Waals surface area contributed by atoms with E-state index in [1.807, 2.05) is 0 Å². The molecule has 0 aliphatic carbocycles. The Bertz CT molecular complexity index is 987. The average molecular weight is 354 g/mol. The lowest BCUT2D eigenvalue weighted by atomic mass is 10.1. The van der Waals surface area contributed by atoms with E-state index in [9.17, 15) is 9.59 Å². The highest BCUT2D eigenvalue weighted by Crippen LogP contribution is 2.32. The highest BCUT2D eigenvalue weighted by molar-refractivity contribution is 5.82. The zero-order valence-electron chi connectivity index (χ0n) is 14.6. The number of benzene rings is 2. The van der Waals surface area contributed by atoms with Gasteiger partial charge in [0.1, 0.15) is 11.3 Å². The van der Waals surface area contributed by atoms with Crippen molar-refractivity contribution in [3.63, 3.8) is 0 Å². The summed E-state index contributed by atoms with van der Waals surface area (Å²) in [6.45, 7) is 1.51.